The fourth-order valence-corrected chi connectivity index (χ4v) is 6.18. The Morgan fingerprint density at radius 3 is 2.72 bits per heavy atom. The molecule has 1 saturated heterocycles. The standard InChI is InChI=1S/C32H34ClFN6O3/c1-20(19-42-24-10-11-24)43-32-36-27-18-38(28-9-5-7-22-6-4-8-26(33)29(22)28)13-12-25(27)30(37-32)39-14-15-40(31(41)21(2)34)23(17-39)16-35-3/h4-9,20,23-24H,2,10-19H2,1H3/t20-,23-/m0/s1. The first-order valence-electron chi connectivity index (χ1n) is 14.7. The highest BCUT2D eigenvalue weighted by atomic mass is 35.5. The first-order chi connectivity index (χ1) is 20.8. The summed E-state index contributed by atoms with van der Waals surface area (Å²) in [5.41, 5.74) is 2.90. The number of hydrogen-bond acceptors (Lipinski definition) is 7. The maximum absolute atomic E-state index is 13.8. The fourth-order valence-electron chi connectivity index (χ4n) is 5.90. The van der Waals surface area contributed by atoms with Crippen LogP contribution in [0.25, 0.3) is 15.6 Å². The molecule has 6 rings (SSSR count). The maximum atomic E-state index is 13.8. The first-order valence-corrected chi connectivity index (χ1v) is 15.0. The minimum absolute atomic E-state index is 0.0529. The number of ether oxygens (including phenoxy) is 2. The van der Waals surface area contributed by atoms with Crippen molar-refractivity contribution in [3.05, 3.63) is 76.5 Å². The minimum atomic E-state index is -1.02. The van der Waals surface area contributed by atoms with E-state index in [-0.39, 0.29) is 25.2 Å². The number of rotatable bonds is 9. The van der Waals surface area contributed by atoms with Crippen molar-refractivity contribution in [1.29, 1.82) is 0 Å². The maximum Gasteiger partial charge on any atom is 0.319 e. The molecule has 1 saturated carbocycles. The molecule has 3 aromatic rings. The Balaban J connectivity index is 1.33. The van der Waals surface area contributed by atoms with Gasteiger partial charge in [0.2, 0.25) is 6.54 Å². The molecule has 3 heterocycles. The summed E-state index contributed by atoms with van der Waals surface area (Å²) < 4.78 is 25.8. The summed E-state index contributed by atoms with van der Waals surface area (Å²) in [5, 5.41) is 2.77. The van der Waals surface area contributed by atoms with Crippen LogP contribution in [0.2, 0.25) is 5.02 Å². The van der Waals surface area contributed by atoms with Crippen LogP contribution in [-0.4, -0.2) is 78.4 Å². The molecule has 2 atom stereocenters. The first kappa shape index (κ1) is 29.1. The molecule has 11 heteroatoms. The summed E-state index contributed by atoms with van der Waals surface area (Å²) in [6.45, 7) is 15.3. The molecular formula is C32H34ClFN6O3. The largest absolute Gasteiger partial charge is 0.458 e. The van der Waals surface area contributed by atoms with Gasteiger partial charge in [-0.1, -0.05) is 42.4 Å². The smallest absolute Gasteiger partial charge is 0.319 e. The molecule has 9 nitrogen and oxygen atoms in total. The minimum Gasteiger partial charge on any atom is -0.458 e. The van der Waals surface area contributed by atoms with E-state index in [0.717, 1.165) is 52.9 Å². The number of carbonyl (C=O) groups excluding carboxylic acids is 1. The molecular weight excluding hydrogens is 571 g/mol. The Bertz CT molecular complexity index is 1590. The summed E-state index contributed by atoms with van der Waals surface area (Å²) >= 11 is 6.67. The zero-order valence-electron chi connectivity index (χ0n) is 24.1. The fraction of sp³-hybridized carbons (Fsp3) is 0.438. The Morgan fingerprint density at radius 1 is 1.19 bits per heavy atom. The van der Waals surface area contributed by atoms with E-state index in [1.165, 1.54) is 4.90 Å². The van der Waals surface area contributed by atoms with Crippen LogP contribution in [0, 0.1) is 6.57 Å². The Hall–Kier alpha value is -3.94. The third-order valence-electron chi connectivity index (χ3n) is 8.17. The highest BCUT2D eigenvalue weighted by Crippen LogP contribution is 2.37. The predicted molar refractivity (Wildman–Crippen MR) is 164 cm³/mol. The van der Waals surface area contributed by atoms with Gasteiger partial charge in [0.25, 0.3) is 5.91 Å². The second kappa shape index (κ2) is 12.3. The highest BCUT2D eigenvalue weighted by Gasteiger charge is 2.36. The average Bonchev–Trinajstić information content (AvgIpc) is 3.84. The van der Waals surface area contributed by atoms with Crippen LogP contribution in [0.5, 0.6) is 6.01 Å². The van der Waals surface area contributed by atoms with Crippen molar-refractivity contribution in [2.45, 2.75) is 51.0 Å². The molecule has 2 aliphatic heterocycles. The number of aromatic nitrogens is 2. The third-order valence-corrected chi connectivity index (χ3v) is 8.49. The van der Waals surface area contributed by atoms with E-state index in [1.54, 1.807) is 0 Å². The number of nitrogens with zero attached hydrogens (tertiary/aromatic N) is 6. The van der Waals surface area contributed by atoms with Crippen molar-refractivity contribution < 1.29 is 18.7 Å². The third kappa shape index (κ3) is 6.24. The van der Waals surface area contributed by atoms with Crippen molar-refractivity contribution in [1.82, 2.24) is 14.9 Å². The number of benzene rings is 2. The van der Waals surface area contributed by atoms with Crippen LogP contribution in [-0.2, 0) is 22.5 Å². The van der Waals surface area contributed by atoms with E-state index in [4.69, 9.17) is 37.6 Å². The van der Waals surface area contributed by atoms with Gasteiger partial charge >= 0.3 is 6.01 Å². The second-order valence-corrected chi connectivity index (χ2v) is 11.8. The van der Waals surface area contributed by atoms with E-state index in [1.807, 2.05) is 25.1 Å². The number of amides is 1. The SMILES string of the molecule is [C-]#[N+]C[C@H]1CN(c2nc(O[C@@H](C)COC3CC3)nc3c2CCN(c2cccc4cccc(Cl)c24)C3)CCN1C(=O)C(=C)F. The predicted octanol–water partition coefficient (Wildman–Crippen LogP) is 5.21. The molecule has 2 fully saturated rings. The molecule has 0 radical (unpaired) electrons. The Kier molecular flexibility index (Phi) is 8.37. The van der Waals surface area contributed by atoms with Crippen LogP contribution in [0.15, 0.2) is 48.8 Å². The molecule has 0 N–H and O–H groups in total. The number of fused-ring (bicyclic) bond motifs is 2. The lowest BCUT2D eigenvalue weighted by molar-refractivity contribution is -0.131. The van der Waals surface area contributed by atoms with Gasteiger partial charge in [0.05, 0.1) is 30.0 Å². The summed E-state index contributed by atoms with van der Waals surface area (Å²) in [7, 11) is 0. The highest BCUT2D eigenvalue weighted by molar-refractivity contribution is 6.36. The van der Waals surface area contributed by atoms with Gasteiger partial charge in [-0.3, -0.25) is 4.79 Å². The molecule has 2 aromatic carbocycles. The molecule has 1 aromatic heterocycles. The lowest BCUT2D eigenvalue weighted by atomic mass is 10.0. The molecule has 1 amide bonds. The van der Waals surface area contributed by atoms with Crippen LogP contribution in [0.3, 0.4) is 0 Å². The van der Waals surface area contributed by atoms with Crippen molar-refractivity contribution in [2.24, 2.45) is 0 Å². The number of hydrogen-bond donors (Lipinski definition) is 0. The number of anilines is 2. The normalized spacial score (nSPS) is 19.1. The lowest BCUT2D eigenvalue weighted by Crippen LogP contribution is -2.57. The van der Waals surface area contributed by atoms with Crippen LogP contribution >= 0.6 is 11.6 Å². The van der Waals surface area contributed by atoms with E-state index in [0.29, 0.717) is 43.8 Å². The van der Waals surface area contributed by atoms with Gasteiger partial charge in [-0.05, 0) is 43.7 Å². The van der Waals surface area contributed by atoms with Crippen molar-refractivity contribution in [2.75, 3.05) is 49.1 Å². The number of halogens is 2. The molecule has 0 spiro atoms. The van der Waals surface area contributed by atoms with Crippen molar-refractivity contribution >= 4 is 39.8 Å². The topological polar surface area (TPSA) is 75.4 Å². The Labute approximate surface area is 255 Å². The van der Waals surface area contributed by atoms with Crippen molar-refractivity contribution in [3.63, 3.8) is 0 Å². The lowest BCUT2D eigenvalue weighted by Gasteiger charge is -2.41. The van der Waals surface area contributed by atoms with Gasteiger partial charge in [-0.2, -0.15) is 9.97 Å². The average molecular weight is 605 g/mol. The summed E-state index contributed by atoms with van der Waals surface area (Å²) in [4.78, 5) is 31.5. The van der Waals surface area contributed by atoms with E-state index in [2.05, 4.69) is 39.4 Å². The summed E-state index contributed by atoms with van der Waals surface area (Å²) in [5.74, 6) is -1.06. The van der Waals surface area contributed by atoms with Crippen LogP contribution in [0.4, 0.5) is 15.9 Å². The van der Waals surface area contributed by atoms with Crippen LogP contribution < -0.4 is 14.5 Å². The van der Waals surface area contributed by atoms with Gasteiger partial charge in [-0.15, -0.1) is 0 Å². The van der Waals surface area contributed by atoms with Gasteiger partial charge in [0.15, 0.2) is 5.83 Å². The Morgan fingerprint density at radius 2 is 1.98 bits per heavy atom. The molecule has 224 valence electrons. The molecule has 3 aliphatic rings. The molecule has 1 aliphatic carbocycles. The van der Waals surface area contributed by atoms with Crippen LogP contribution in [0.1, 0.15) is 31.0 Å². The monoisotopic (exact) mass is 604 g/mol. The van der Waals surface area contributed by atoms with Gasteiger partial charge in [-0.25, -0.2) is 11.0 Å². The van der Waals surface area contributed by atoms with Gasteiger partial charge in [0, 0.05) is 42.8 Å². The zero-order chi connectivity index (χ0) is 30.1. The van der Waals surface area contributed by atoms with Gasteiger partial charge < -0.3 is 29.0 Å². The van der Waals surface area contributed by atoms with E-state index in [9.17, 15) is 9.18 Å². The number of carbonyl (C=O) groups is 1. The molecule has 0 bridgehead atoms. The quantitative estimate of drug-likeness (QED) is 0.245. The molecule has 43 heavy (non-hydrogen) atoms. The summed E-state index contributed by atoms with van der Waals surface area (Å²) in [6.07, 6.45) is 2.90. The van der Waals surface area contributed by atoms with Gasteiger partial charge in [0.1, 0.15) is 18.0 Å². The second-order valence-electron chi connectivity index (χ2n) is 11.3. The summed E-state index contributed by atoms with van der Waals surface area (Å²) in [6, 6.07) is 11.9. The van der Waals surface area contributed by atoms with E-state index >= 15 is 0 Å². The molecule has 0 unspecified atom stereocenters. The van der Waals surface area contributed by atoms with Crippen molar-refractivity contribution in [3.8, 4) is 6.01 Å². The van der Waals surface area contributed by atoms with E-state index < -0.39 is 17.8 Å². The zero-order valence-corrected chi connectivity index (χ0v) is 24.9. The number of piperazine rings is 1.